The summed E-state index contributed by atoms with van der Waals surface area (Å²) in [5, 5.41) is 5.67. The molecule has 0 saturated carbocycles. The molecule has 3 aromatic heterocycles. The van der Waals surface area contributed by atoms with Crippen LogP contribution in [-0.2, 0) is 11.2 Å². The number of carbonyl (C=O) groups is 1. The van der Waals surface area contributed by atoms with Crippen molar-refractivity contribution >= 4 is 16.9 Å². The van der Waals surface area contributed by atoms with Crippen LogP contribution in [0, 0.1) is 20.8 Å². The van der Waals surface area contributed by atoms with Crippen LogP contribution in [0.2, 0.25) is 0 Å². The molecule has 1 atom stereocenters. The topological polar surface area (TPSA) is 63.9 Å². The first-order chi connectivity index (χ1) is 15.5. The predicted molar refractivity (Wildman–Crippen MR) is 125 cm³/mol. The third-order valence-electron chi connectivity index (χ3n) is 6.44. The number of hydrogen-bond acceptors (Lipinski definition) is 4. The van der Waals surface area contributed by atoms with Gasteiger partial charge in [0.05, 0.1) is 23.9 Å². The summed E-state index contributed by atoms with van der Waals surface area (Å²) in [7, 11) is 0. The Morgan fingerprint density at radius 2 is 1.94 bits per heavy atom. The van der Waals surface area contributed by atoms with Gasteiger partial charge >= 0.3 is 0 Å². The molecule has 4 aromatic rings. The molecule has 0 spiro atoms. The highest BCUT2D eigenvalue weighted by molar-refractivity contribution is 5.81. The fourth-order valence-electron chi connectivity index (χ4n) is 4.54. The molecule has 0 bridgehead atoms. The van der Waals surface area contributed by atoms with Gasteiger partial charge in [-0.05, 0) is 74.6 Å². The first kappa shape index (κ1) is 20.4. The molecule has 1 fully saturated rings. The summed E-state index contributed by atoms with van der Waals surface area (Å²) in [4.78, 5) is 24.6. The van der Waals surface area contributed by atoms with E-state index >= 15 is 0 Å². The van der Waals surface area contributed by atoms with E-state index in [1.807, 2.05) is 36.1 Å². The molecule has 1 amide bonds. The highest BCUT2D eigenvalue weighted by atomic mass is 16.2. The minimum absolute atomic E-state index is 0.00849. The van der Waals surface area contributed by atoms with Gasteiger partial charge in [-0.15, -0.1) is 0 Å². The average Bonchev–Trinajstić information content (AvgIpc) is 3.42. The number of aryl methyl sites for hydroxylation is 3. The van der Waals surface area contributed by atoms with Gasteiger partial charge in [-0.1, -0.05) is 24.3 Å². The highest BCUT2D eigenvalue weighted by Gasteiger charge is 2.31. The minimum Gasteiger partial charge on any atom is -0.334 e. The van der Waals surface area contributed by atoms with Crippen LogP contribution < -0.4 is 0 Å². The number of carbonyl (C=O) groups excluding carboxylic acids is 1. The van der Waals surface area contributed by atoms with Crippen LogP contribution in [-0.4, -0.2) is 37.1 Å². The lowest BCUT2D eigenvalue weighted by Crippen LogP contribution is -2.32. The molecule has 0 aliphatic carbocycles. The second kappa shape index (κ2) is 8.19. The zero-order valence-electron chi connectivity index (χ0n) is 18.7. The Balaban J connectivity index is 1.46. The summed E-state index contributed by atoms with van der Waals surface area (Å²) in [6.45, 7) is 6.94. The fraction of sp³-hybridized carbons (Fsp3) is 0.308. The summed E-state index contributed by atoms with van der Waals surface area (Å²) in [5.74, 6) is 0.899. The number of benzene rings is 1. The number of rotatable bonds is 4. The molecule has 1 aliphatic heterocycles. The predicted octanol–water partition coefficient (Wildman–Crippen LogP) is 4.65. The van der Waals surface area contributed by atoms with E-state index in [4.69, 9.17) is 4.98 Å². The lowest BCUT2D eigenvalue weighted by molar-refractivity contribution is -0.131. The van der Waals surface area contributed by atoms with Gasteiger partial charge in [0.2, 0.25) is 5.91 Å². The van der Waals surface area contributed by atoms with Gasteiger partial charge in [-0.25, -0.2) is 9.97 Å². The molecular formula is C26H27N5O. The van der Waals surface area contributed by atoms with E-state index in [-0.39, 0.29) is 11.9 Å². The number of hydrogen-bond donors (Lipinski definition) is 0. The van der Waals surface area contributed by atoms with Crippen molar-refractivity contribution in [3.8, 4) is 5.82 Å². The molecule has 5 rings (SSSR count). The van der Waals surface area contributed by atoms with Crippen molar-refractivity contribution in [1.29, 1.82) is 0 Å². The van der Waals surface area contributed by atoms with Gasteiger partial charge in [-0.3, -0.25) is 4.79 Å². The zero-order valence-corrected chi connectivity index (χ0v) is 18.7. The van der Waals surface area contributed by atoms with Crippen molar-refractivity contribution < 1.29 is 4.79 Å². The van der Waals surface area contributed by atoms with E-state index < -0.39 is 0 Å². The van der Waals surface area contributed by atoms with Crippen molar-refractivity contribution in [2.24, 2.45) is 0 Å². The smallest absolute Gasteiger partial charge is 0.227 e. The van der Waals surface area contributed by atoms with Crippen molar-refractivity contribution in [2.45, 2.75) is 46.1 Å². The van der Waals surface area contributed by atoms with Crippen molar-refractivity contribution in [3.63, 3.8) is 0 Å². The van der Waals surface area contributed by atoms with E-state index in [2.05, 4.69) is 48.2 Å². The van der Waals surface area contributed by atoms with Crippen molar-refractivity contribution in [3.05, 3.63) is 82.8 Å². The molecule has 4 heterocycles. The Kier molecular flexibility index (Phi) is 5.21. The van der Waals surface area contributed by atoms with Crippen LogP contribution in [0.3, 0.4) is 0 Å². The van der Waals surface area contributed by atoms with E-state index in [0.29, 0.717) is 6.42 Å². The molecule has 162 valence electrons. The molecule has 6 heteroatoms. The molecular weight excluding hydrogens is 398 g/mol. The summed E-state index contributed by atoms with van der Waals surface area (Å²) in [5.41, 5.74) is 6.15. The monoisotopic (exact) mass is 425 g/mol. The van der Waals surface area contributed by atoms with Crippen LogP contribution in [0.25, 0.3) is 16.9 Å². The van der Waals surface area contributed by atoms with E-state index in [9.17, 15) is 4.79 Å². The first-order valence-corrected chi connectivity index (χ1v) is 11.1. The molecule has 1 unspecified atom stereocenters. The molecule has 0 radical (unpaired) electrons. The first-order valence-electron chi connectivity index (χ1n) is 11.1. The van der Waals surface area contributed by atoms with Gasteiger partial charge in [-0.2, -0.15) is 9.78 Å². The van der Waals surface area contributed by atoms with E-state index in [1.54, 1.807) is 10.9 Å². The Labute approximate surface area is 187 Å². The maximum Gasteiger partial charge on any atom is 0.227 e. The maximum atomic E-state index is 13.2. The van der Waals surface area contributed by atoms with Crippen molar-refractivity contribution in [1.82, 2.24) is 24.6 Å². The quantitative estimate of drug-likeness (QED) is 0.478. The number of nitrogens with zero attached hydrogens (tertiary/aromatic N) is 5. The SMILES string of the molecule is Cc1ccc(CC(=O)N2CCCC2c2ccc3c(C)nn(-c4ccccn4)c3n2)cc1C. The van der Waals surface area contributed by atoms with Crippen LogP contribution >= 0.6 is 0 Å². The molecule has 1 aromatic carbocycles. The second-order valence-electron chi connectivity index (χ2n) is 8.63. The number of likely N-dealkylation sites (tertiary alicyclic amines) is 1. The van der Waals surface area contributed by atoms with Crippen LogP contribution in [0.5, 0.6) is 0 Å². The number of pyridine rings is 2. The fourth-order valence-corrected chi connectivity index (χ4v) is 4.54. The normalized spacial score (nSPS) is 16.1. The van der Waals surface area contributed by atoms with Gasteiger partial charge in [0.25, 0.3) is 0 Å². The van der Waals surface area contributed by atoms with E-state index in [1.165, 1.54) is 11.1 Å². The summed E-state index contributed by atoms with van der Waals surface area (Å²) < 4.78 is 1.80. The number of aromatic nitrogens is 4. The molecule has 1 saturated heterocycles. The van der Waals surface area contributed by atoms with Gasteiger partial charge < -0.3 is 4.90 Å². The van der Waals surface area contributed by atoms with E-state index in [0.717, 1.165) is 53.2 Å². The van der Waals surface area contributed by atoms with Crippen LogP contribution in [0.4, 0.5) is 0 Å². The lowest BCUT2D eigenvalue weighted by Gasteiger charge is -2.24. The Morgan fingerprint density at radius 3 is 2.72 bits per heavy atom. The van der Waals surface area contributed by atoms with Crippen LogP contribution in [0.1, 0.15) is 47.0 Å². The minimum atomic E-state index is -0.00849. The van der Waals surface area contributed by atoms with Gasteiger partial charge in [0.15, 0.2) is 11.5 Å². The standard InChI is InChI=1S/C26H27N5O/c1-17-9-10-20(15-18(17)2)16-25(32)30-14-6-7-23(30)22-12-11-21-19(3)29-31(26(21)28-22)24-8-4-5-13-27-24/h4-5,8-13,15,23H,6-7,14,16H2,1-3H3. The largest absolute Gasteiger partial charge is 0.334 e. The van der Waals surface area contributed by atoms with Gasteiger partial charge in [0, 0.05) is 18.1 Å². The van der Waals surface area contributed by atoms with Crippen LogP contribution in [0.15, 0.2) is 54.7 Å². The summed E-state index contributed by atoms with van der Waals surface area (Å²) >= 11 is 0. The molecule has 0 N–H and O–H groups in total. The Hall–Kier alpha value is -3.54. The zero-order chi connectivity index (χ0) is 22.2. The number of fused-ring (bicyclic) bond motifs is 1. The molecule has 1 aliphatic rings. The van der Waals surface area contributed by atoms with Crippen molar-refractivity contribution in [2.75, 3.05) is 6.54 Å². The summed E-state index contributed by atoms with van der Waals surface area (Å²) in [6, 6.07) is 16.1. The average molecular weight is 426 g/mol. The number of amides is 1. The third-order valence-corrected chi connectivity index (χ3v) is 6.44. The Bertz CT molecular complexity index is 1290. The second-order valence-corrected chi connectivity index (χ2v) is 8.63. The Morgan fingerprint density at radius 1 is 1.06 bits per heavy atom. The lowest BCUT2D eigenvalue weighted by atomic mass is 10.0. The molecule has 32 heavy (non-hydrogen) atoms. The summed E-state index contributed by atoms with van der Waals surface area (Å²) in [6.07, 6.45) is 4.09. The maximum absolute atomic E-state index is 13.2. The van der Waals surface area contributed by atoms with Gasteiger partial charge in [0.1, 0.15) is 0 Å². The third kappa shape index (κ3) is 3.66. The molecule has 6 nitrogen and oxygen atoms in total. The highest BCUT2D eigenvalue weighted by Crippen LogP contribution is 2.33.